The SMILES string of the molecule is Cc1nc(Nc2ccc(F)cc2C)c(N)[nH]1. The fourth-order valence-electron chi connectivity index (χ4n) is 1.50. The Balaban J connectivity index is 2.30. The van der Waals surface area contributed by atoms with E-state index in [2.05, 4.69) is 15.3 Å². The van der Waals surface area contributed by atoms with Gasteiger partial charge in [0, 0.05) is 5.69 Å². The first-order valence-corrected chi connectivity index (χ1v) is 4.91. The van der Waals surface area contributed by atoms with Gasteiger partial charge in [-0.15, -0.1) is 0 Å². The Hall–Kier alpha value is -2.04. The maximum Gasteiger partial charge on any atom is 0.173 e. The Bertz CT molecular complexity index is 519. The van der Waals surface area contributed by atoms with Crippen LogP contribution in [0.5, 0.6) is 0 Å². The van der Waals surface area contributed by atoms with Crippen molar-refractivity contribution in [3.05, 3.63) is 35.4 Å². The van der Waals surface area contributed by atoms with E-state index in [-0.39, 0.29) is 5.82 Å². The molecular weight excluding hydrogens is 207 g/mol. The molecule has 0 radical (unpaired) electrons. The van der Waals surface area contributed by atoms with Crippen LogP contribution in [0.15, 0.2) is 18.2 Å². The molecule has 0 unspecified atom stereocenters. The Morgan fingerprint density at radius 1 is 1.38 bits per heavy atom. The lowest BCUT2D eigenvalue weighted by molar-refractivity contribution is 0.627. The van der Waals surface area contributed by atoms with E-state index < -0.39 is 0 Å². The Kier molecular flexibility index (Phi) is 2.52. The van der Waals surface area contributed by atoms with Crippen molar-refractivity contribution < 1.29 is 4.39 Å². The minimum Gasteiger partial charge on any atom is -0.382 e. The van der Waals surface area contributed by atoms with Crippen LogP contribution in [0.3, 0.4) is 0 Å². The van der Waals surface area contributed by atoms with Gasteiger partial charge >= 0.3 is 0 Å². The maximum atomic E-state index is 12.9. The van der Waals surface area contributed by atoms with Crippen LogP contribution in [0.2, 0.25) is 0 Å². The summed E-state index contributed by atoms with van der Waals surface area (Å²) >= 11 is 0. The minimum atomic E-state index is -0.255. The van der Waals surface area contributed by atoms with Gasteiger partial charge in [0.25, 0.3) is 0 Å². The number of hydrogen-bond acceptors (Lipinski definition) is 3. The minimum absolute atomic E-state index is 0.255. The van der Waals surface area contributed by atoms with Gasteiger partial charge < -0.3 is 16.0 Å². The molecule has 0 aliphatic carbocycles. The van der Waals surface area contributed by atoms with Crippen molar-refractivity contribution >= 4 is 17.3 Å². The van der Waals surface area contributed by atoms with Gasteiger partial charge in [0.05, 0.1) is 0 Å². The number of hydrogen-bond donors (Lipinski definition) is 3. The van der Waals surface area contributed by atoms with Crippen LogP contribution in [-0.4, -0.2) is 9.97 Å². The van der Waals surface area contributed by atoms with Gasteiger partial charge in [-0.2, -0.15) is 0 Å². The molecule has 0 saturated heterocycles. The number of imidazole rings is 1. The maximum absolute atomic E-state index is 12.9. The first-order chi connectivity index (χ1) is 7.56. The number of H-pyrrole nitrogens is 1. The number of aromatic nitrogens is 2. The average Bonchev–Trinajstić information content (AvgIpc) is 2.50. The highest BCUT2D eigenvalue weighted by atomic mass is 19.1. The zero-order chi connectivity index (χ0) is 11.7. The number of aromatic amines is 1. The summed E-state index contributed by atoms with van der Waals surface area (Å²) in [5.41, 5.74) is 7.31. The van der Waals surface area contributed by atoms with E-state index in [0.717, 1.165) is 17.1 Å². The van der Waals surface area contributed by atoms with Crippen molar-refractivity contribution in [2.24, 2.45) is 0 Å². The number of nitrogens with zero attached hydrogens (tertiary/aromatic N) is 1. The van der Waals surface area contributed by atoms with E-state index >= 15 is 0 Å². The Morgan fingerprint density at radius 2 is 2.12 bits per heavy atom. The Morgan fingerprint density at radius 3 is 2.69 bits per heavy atom. The van der Waals surface area contributed by atoms with Crippen molar-refractivity contribution in [2.45, 2.75) is 13.8 Å². The molecule has 2 rings (SSSR count). The molecule has 4 nitrogen and oxygen atoms in total. The van der Waals surface area contributed by atoms with E-state index in [0.29, 0.717) is 11.6 Å². The standard InChI is InChI=1S/C11H13FN4/c1-6-5-8(12)3-4-9(6)16-11-10(13)14-7(2)15-11/h3-5,16H,13H2,1-2H3,(H,14,15). The molecular formula is C11H13FN4. The lowest BCUT2D eigenvalue weighted by Crippen LogP contribution is -1.97. The Labute approximate surface area is 92.7 Å². The molecule has 0 atom stereocenters. The molecule has 0 saturated carbocycles. The molecule has 5 heteroatoms. The van der Waals surface area contributed by atoms with Crippen molar-refractivity contribution in [3.8, 4) is 0 Å². The van der Waals surface area contributed by atoms with Gasteiger partial charge in [-0.1, -0.05) is 0 Å². The first-order valence-electron chi connectivity index (χ1n) is 4.91. The summed E-state index contributed by atoms with van der Waals surface area (Å²) in [4.78, 5) is 7.07. The molecule has 0 aliphatic rings. The molecule has 1 aromatic heterocycles. The fraction of sp³-hybridized carbons (Fsp3) is 0.182. The third kappa shape index (κ3) is 1.98. The number of halogens is 1. The summed E-state index contributed by atoms with van der Waals surface area (Å²) in [5.74, 6) is 1.52. The number of aryl methyl sites for hydroxylation is 2. The van der Waals surface area contributed by atoms with E-state index in [4.69, 9.17) is 5.73 Å². The third-order valence-electron chi connectivity index (χ3n) is 2.29. The lowest BCUT2D eigenvalue weighted by Gasteiger charge is -2.07. The zero-order valence-electron chi connectivity index (χ0n) is 9.13. The second-order valence-electron chi connectivity index (χ2n) is 3.67. The van der Waals surface area contributed by atoms with Crippen molar-refractivity contribution in [1.29, 1.82) is 0 Å². The molecule has 1 aromatic carbocycles. The number of benzene rings is 1. The topological polar surface area (TPSA) is 66.7 Å². The van der Waals surface area contributed by atoms with Crippen LogP contribution < -0.4 is 11.1 Å². The van der Waals surface area contributed by atoms with Crippen molar-refractivity contribution in [1.82, 2.24) is 9.97 Å². The van der Waals surface area contributed by atoms with Gasteiger partial charge in [-0.3, -0.25) is 0 Å². The molecule has 0 bridgehead atoms. The molecule has 0 spiro atoms. The summed E-state index contributed by atoms with van der Waals surface area (Å²) < 4.78 is 12.9. The highest BCUT2D eigenvalue weighted by Gasteiger charge is 2.06. The van der Waals surface area contributed by atoms with E-state index in [9.17, 15) is 4.39 Å². The molecule has 84 valence electrons. The van der Waals surface area contributed by atoms with Crippen LogP contribution in [0.1, 0.15) is 11.4 Å². The van der Waals surface area contributed by atoms with E-state index in [1.54, 1.807) is 6.07 Å². The number of nitrogens with one attached hydrogen (secondary N) is 2. The number of anilines is 3. The number of rotatable bonds is 2. The molecule has 0 amide bonds. The quantitative estimate of drug-likeness (QED) is 0.728. The summed E-state index contributed by atoms with van der Waals surface area (Å²) in [5, 5.41) is 3.05. The van der Waals surface area contributed by atoms with Gasteiger partial charge in [0.1, 0.15) is 17.5 Å². The second kappa shape index (κ2) is 3.84. The zero-order valence-corrected chi connectivity index (χ0v) is 9.13. The van der Waals surface area contributed by atoms with Gasteiger partial charge in [-0.25, -0.2) is 9.37 Å². The molecule has 16 heavy (non-hydrogen) atoms. The van der Waals surface area contributed by atoms with Crippen molar-refractivity contribution in [2.75, 3.05) is 11.1 Å². The first kappa shape index (κ1) is 10.5. The molecule has 0 fully saturated rings. The van der Waals surface area contributed by atoms with Crippen LogP contribution in [-0.2, 0) is 0 Å². The largest absolute Gasteiger partial charge is 0.382 e. The summed E-state index contributed by atoms with van der Waals surface area (Å²) in [6.07, 6.45) is 0. The summed E-state index contributed by atoms with van der Waals surface area (Å²) in [6, 6.07) is 4.51. The van der Waals surface area contributed by atoms with Gasteiger partial charge in [0.2, 0.25) is 0 Å². The highest BCUT2D eigenvalue weighted by molar-refractivity contribution is 5.68. The highest BCUT2D eigenvalue weighted by Crippen LogP contribution is 2.23. The summed E-state index contributed by atoms with van der Waals surface area (Å²) in [7, 11) is 0. The third-order valence-corrected chi connectivity index (χ3v) is 2.29. The van der Waals surface area contributed by atoms with Crippen LogP contribution in [0.25, 0.3) is 0 Å². The van der Waals surface area contributed by atoms with E-state index in [1.807, 2.05) is 13.8 Å². The van der Waals surface area contributed by atoms with Crippen LogP contribution in [0.4, 0.5) is 21.7 Å². The predicted molar refractivity (Wildman–Crippen MR) is 62.2 cm³/mol. The van der Waals surface area contributed by atoms with E-state index in [1.165, 1.54) is 12.1 Å². The normalized spacial score (nSPS) is 10.4. The van der Waals surface area contributed by atoms with Crippen LogP contribution >= 0.6 is 0 Å². The lowest BCUT2D eigenvalue weighted by atomic mass is 10.2. The molecule has 0 aliphatic heterocycles. The number of nitrogen functional groups attached to an aromatic ring is 1. The fourth-order valence-corrected chi connectivity index (χ4v) is 1.50. The molecule has 2 aromatic rings. The smallest absolute Gasteiger partial charge is 0.173 e. The second-order valence-corrected chi connectivity index (χ2v) is 3.67. The molecule has 1 heterocycles. The predicted octanol–water partition coefficient (Wildman–Crippen LogP) is 2.49. The van der Waals surface area contributed by atoms with Gasteiger partial charge in [-0.05, 0) is 37.6 Å². The van der Waals surface area contributed by atoms with Gasteiger partial charge in [0.15, 0.2) is 5.82 Å². The average molecular weight is 220 g/mol. The number of nitrogens with two attached hydrogens (primary N) is 1. The van der Waals surface area contributed by atoms with Crippen LogP contribution in [0, 0.1) is 19.7 Å². The molecule has 4 N–H and O–H groups in total. The van der Waals surface area contributed by atoms with Crippen molar-refractivity contribution in [3.63, 3.8) is 0 Å². The summed E-state index contributed by atoms with van der Waals surface area (Å²) in [6.45, 7) is 3.64. The monoisotopic (exact) mass is 220 g/mol.